The quantitative estimate of drug-likeness (QED) is 0.844. The van der Waals surface area contributed by atoms with Crippen LogP contribution in [0.15, 0.2) is 12.3 Å². The number of aliphatic hydroxyl groups excluding tert-OH is 1. The maximum absolute atomic E-state index is 12.1. The maximum Gasteiger partial charge on any atom is 0.280 e. The van der Waals surface area contributed by atoms with Gasteiger partial charge in [0.1, 0.15) is 5.69 Å². The lowest BCUT2D eigenvalue weighted by Crippen LogP contribution is -1.96. The van der Waals surface area contributed by atoms with E-state index in [2.05, 4.69) is 4.98 Å². The summed E-state index contributed by atoms with van der Waals surface area (Å²) in [5, 5.41) is 8.75. The van der Waals surface area contributed by atoms with Crippen LogP contribution in [0.4, 0.5) is 8.78 Å². The molecule has 66 valence electrons. The predicted octanol–water partition coefficient (Wildman–Crippen LogP) is 2.12. The summed E-state index contributed by atoms with van der Waals surface area (Å²) in [5.74, 6) is 0. The van der Waals surface area contributed by atoms with Gasteiger partial charge in [0.05, 0.1) is 6.61 Å². The first-order valence-corrected chi connectivity index (χ1v) is 4.26. The Morgan fingerprint density at radius 2 is 2.25 bits per heavy atom. The minimum absolute atomic E-state index is 0.236. The van der Waals surface area contributed by atoms with Gasteiger partial charge in [0.25, 0.3) is 6.43 Å². The second-order valence-corrected chi connectivity index (χ2v) is 3.32. The summed E-state index contributed by atoms with van der Waals surface area (Å²) in [7, 11) is 0. The normalized spacial score (nSPS) is 10.8. The molecule has 1 N–H and O–H groups in total. The van der Waals surface area contributed by atoms with E-state index in [4.69, 9.17) is 5.11 Å². The van der Waals surface area contributed by atoms with E-state index in [1.165, 1.54) is 12.3 Å². The standard InChI is InChI=1S/C7H6F2INO/c8-7(9)6-1-4(3-12)5(10)2-11-6/h1-2,7,12H,3H2. The lowest BCUT2D eigenvalue weighted by Gasteiger charge is -2.02. The Bertz CT molecular complexity index is 280. The van der Waals surface area contributed by atoms with Gasteiger partial charge in [-0.25, -0.2) is 8.78 Å². The van der Waals surface area contributed by atoms with E-state index in [1.807, 2.05) is 22.6 Å². The fraction of sp³-hybridized carbons (Fsp3) is 0.286. The molecule has 0 saturated heterocycles. The van der Waals surface area contributed by atoms with Gasteiger partial charge in [-0.05, 0) is 34.2 Å². The number of hydrogen-bond acceptors (Lipinski definition) is 2. The van der Waals surface area contributed by atoms with E-state index in [1.54, 1.807) is 0 Å². The molecule has 0 spiro atoms. The molecule has 12 heavy (non-hydrogen) atoms. The third kappa shape index (κ3) is 2.10. The fourth-order valence-electron chi connectivity index (χ4n) is 0.739. The highest BCUT2D eigenvalue weighted by molar-refractivity contribution is 14.1. The minimum atomic E-state index is -2.58. The van der Waals surface area contributed by atoms with Gasteiger partial charge in [-0.15, -0.1) is 0 Å². The summed E-state index contributed by atoms with van der Waals surface area (Å²) < 4.78 is 24.8. The van der Waals surface area contributed by atoms with Crippen molar-refractivity contribution in [3.63, 3.8) is 0 Å². The highest BCUT2D eigenvalue weighted by atomic mass is 127. The number of nitrogens with zero attached hydrogens (tertiary/aromatic N) is 1. The van der Waals surface area contributed by atoms with Gasteiger partial charge in [0.2, 0.25) is 0 Å². The van der Waals surface area contributed by atoms with Crippen LogP contribution in [0.3, 0.4) is 0 Å². The van der Waals surface area contributed by atoms with Crippen molar-refractivity contribution < 1.29 is 13.9 Å². The third-order valence-corrected chi connectivity index (χ3v) is 2.32. The largest absolute Gasteiger partial charge is 0.392 e. The van der Waals surface area contributed by atoms with Crippen molar-refractivity contribution >= 4 is 22.6 Å². The van der Waals surface area contributed by atoms with Crippen molar-refractivity contribution in [3.05, 3.63) is 27.1 Å². The lowest BCUT2D eigenvalue weighted by molar-refractivity contribution is 0.145. The fourth-order valence-corrected chi connectivity index (χ4v) is 1.20. The van der Waals surface area contributed by atoms with Crippen LogP contribution >= 0.6 is 22.6 Å². The molecule has 1 aromatic heterocycles. The lowest BCUT2D eigenvalue weighted by atomic mass is 10.2. The average molecular weight is 285 g/mol. The molecule has 0 radical (unpaired) electrons. The monoisotopic (exact) mass is 285 g/mol. The van der Waals surface area contributed by atoms with Crippen LogP contribution in [0.2, 0.25) is 0 Å². The van der Waals surface area contributed by atoms with Crippen molar-refractivity contribution in [3.8, 4) is 0 Å². The van der Waals surface area contributed by atoms with E-state index in [9.17, 15) is 8.78 Å². The molecular weight excluding hydrogens is 279 g/mol. The summed E-state index contributed by atoms with van der Waals surface area (Å²) >= 11 is 1.93. The van der Waals surface area contributed by atoms with Crippen LogP contribution in [0.25, 0.3) is 0 Å². The molecule has 0 aromatic carbocycles. The molecule has 1 rings (SSSR count). The summed E-state index contributed by atoms with van der Waals surface area (Å²) in [5.41, 5.74) is 0.195. The molecule has 0 aliphatic rings. The van der Waals surface area contributed by atoms with Crippen molar-refractivity contribution in [1.82, 2.24) is 4.98 Å². The maximum atomic E-state index is 12.1. The van der Waals surface area contributed by atoms with Gasteiger partial charge >= 0.3 is 0 Å². The molecule has 1 aromatic rings. The summed E-state index contributed by atoms with van der Waals surface area (Å²) in [6.45, 7) is -0.236. The van der Waals surface area contributed by atoms with Gasteiger partial charge in [0, 0.05) is 9.77 Å². The van der Waals surface area contributed by atoms with Gasteiger partial charge in [-0.1, -0.05) is 0 Å². The number of halogens is 3. The molecule has 0 aliphatic carbocycles. The topological polar surface area (TPSA) is 33.1 Å². The van der Waals surface area contributed by atoms with Crippen LogP contribution in [-0.4, -0.2) is 10.1 Å². The average Bonchev–Trinajstić information content (AvgIpc) is 2.05. The molecule has 0 fully saturated rings. The molecule has 0 aliphatic heterocycles. The number of pyridine rings is 1. The van der Waals surface area contributed by atoms with Crippen molar-refractivity contribution in [2.24, 2.45) is 0 Å². The highest BCUT2D eigenvalue weighted by Crippen LogP contribution is 2.19. The van der Waals surface area contributed by atoms with Crippen LogP contribution in [0.1, 0.15) is 17.7 Å². The second kappa shape index (κ2) is 4.08. The van der Waals surface area contributed by atoms with Crippen LogP contribution in [-0.2, 0) is 6.61 Å². The molecule has 1 heterocycles. The van der Waals surface area contributed by atoms with E-state index >= 15 is 0 Å². The Labute approximate surface area is 81.8 Å². The second-order valence-electron chi connectivity index (χ2n) is 2.16. The van der Waals surface area contributed by atoms with Crippen LogP contribution in [0, 0.1) is 3.57 Å². The number of alkyl halides is 2. The first-order chi connectivity index (χ1) is 5.65. The zero-order valence-electron chi connectivity index (χ0n) is 5.97. The first-order valence-electron chi connectivity index (χ1n) is 3.18. The molecule has 2 nitrogen and oxygen atoms in total. The number of rotatable bonds is 2. The molecule has 0 amide bonds. The highest BCUT2D eigenvalue weighted by Gasteiger charge is 2.10. The molecule has 0 unspecified atom stereocenters. The van der Waals surface area contributed by atoms with Crippen molar-refractivity contribution in [2.75, 3.05) is 0 Å². The summed E-state index contributed by atoms with van der Waals surface area (Å²) in [6.07, 6.45) is -1.25. The van der Waals surface area contributed by atoms with E-state index in [0.29, 0.717) is 9.13 Å². The number of aromatic nitrogens is 1. The van der Waals surface area contributed by atoms with Gasteiger partial charge in [-0.2, -0.15) is 0 Å². The van der Waals surface area contributed by atoms with Crippen LogP contribution in [0.5, 0.6) is 0 Å². The smallest absolute Gasteiger partial charge is 0.280 e. The molecule has 0 saturated carbocycles. The number of hydrogen-bond donors (Lipinski definition) is 1. The molecule has 0 bridgehead atoms. The Morgan fingerprint density at radius 1 is 1.58 bits per heavy atom. The minimum Gasteiger partial charge on any atom is -0.392 e. The van der Waals surface area contributed by atoms with Gasteiger partial charge in [-0.3, -0.25) is 4.98 Å². The van der Waals surface area contributed by atoms with Gasteiger partial charge in [0.15, 0.2) is 0 Å². The Kier molecular flexibility index (Phi) is 3.33. The van der Waals surface area contributed by atoms with Crippen molar-refractivity contribution in [1.29, 1.82) is 0 Å². The van der Waals surface area contributed by atoms with E-state index in [-0.39, 0.29) is 12.3 Å². The zero-order chi connectivity index (χ0) is 9.14. The number of aliphatic hydroxyl groups is 1. The van der Waals surface area contributed by atoms with Gasteiger partial charge < -0.3 is 5.11 Å². The summed E-state index contributed by atoms with van der Waals surface area (Å²) in [4.78, 5) is 3.52. The summed E-state index contributed by atoms with van der Waals surface area (Å²) in [6, 6.07) is 1.21. The third-order valence-electron chi connectivity index (χ3n) is 1.35. The van der Waals surface area contributed by atoms with E-state index < -0.39 is 6.43 Å². The Morgan fingerprint density at radius 3 is 2.75 bits per heavy atom. The SMILES string of the molecule is OCc1cc(C(F)F)ncc1I. The molecule has 0 atom stereocenters. The Hall–Kier alpha value is -0.300. The Balaban J connectivity index is 3.05. The molecule has 5 heteroatoms. The van der Waals surface area contributed by atoms with Crippen LogP contribution < -0.4 is 0 Å². The first kappa shape index (κ1) is 9.79. The van der Waals surface area contributed by atoms with E-state index in [0.717, 1.165) is 0 Å². The molecular formula is C7H6F2INO. The zero-order valence-corrected chi connectivity index (χ0v) is 8.12. The predicted molar refractivity (Wildman–Crippen MR) is 47.8 cm³/mol. The van der Waals surface area contributed by atoms with Crippen molar-refractivity contribution in [2.45, 2.75) is 13.0 Å².